The molecule has 3 aliphatic rings. The Bertz CT molecular complexity index is 1500. The molecule has 3 fully saturated rings. The van der Waals surface area contributed by atoms with Crippen LogP contribution in [0.4, 0.5) is 4.79 Å². The van der Waals surface area contributed by atoms with Crippen molar-refractivity contribution in [2.75, 3.05) is 47.1 Å². The maximum Gasteiger partial charge on any atom is 0.328 e. The SMILES string of the molecule is CCOc1cc(=O)c2cc(/C=C/CO[C@H]3CCCN(C(=O)N[C@H](C(=O)N4CCC[C@H]4C(=O)OC)C4CCCCC4)C3)c(OC)cc2[nH]1. The van der Waals surface area contributed by atoms with Crippen molar-refractivity contribution in [3.63, 3.8) is 0 Å². The lowest BCUT2D eigenvalue weighted by Gasteiger charge is -2.37. The van der Waals surface area contributed by atoms with Crippen LogP contribution in [0.15, 0.2) is 29.1 Å². The summed E-state index contributed by atoms with van der Waals surface area (Å²) in [4.78, 5) is 59.0. The molecular weight excluding hydrogens is 604 g/mol. The molecule has 1 aromatic carbocycles. The van der Waals surface area contributed by atoms with Gasteiger partial charge in [-0.15, -0.1) is 0 Å². The Morgan fingerprint density at radius 1 is 1.02 bits per heavy atom. The number of rotatable bonds is 11. The van der Waals surface area contributed by atoms with Crippen molar-refractivity contribution in [1.82, 2.24) is 20.1 Å². The van der Waals surface area contributed by atoms with E-state index in [4.69, 9.17) is 18.9 Å². The Labute approximate surface area is 275 Å². The minimum Gasteiger partial charge on any atom is -0.496 e. The van der Waals surface area contributed by atoms with Crippen LogP contribution in [0.2, 0.25) is 0 Å². The summed E-state index contributed by atoms with van der Waals surface area (Å²) in [6, 6.07) is 3.46. The predicted molar refractivity (Wildman–Crippen MR) is 178 cm³/mol. The second-order valence-electron chi connectivity index (χ2n) is 12.6. The molecule has 1 aromatic heterocycles. The Morgan fingerprint density at radius 2 is 1.81 bits per heavy atom. The molecule has 2 aromatic rings. The maximum absolute atomic E-state index is 13.8. The molecule has 3 amide bonds. The normalized spacial score (nSPS) is 21.2. The number of hydrogen-bond donors (Lipinski definition) is 2. The fourth-order valence-electron chi connectivity index (χ4n) is 7.10. The summed E-state index contributed by atoms with van der Waals surface area (Å²) in [5, 5.41) is 3.61. The Kier molecular flexibility index (Phi) is 11.8. The molecule has 256 valence electrons. The van der Waals surface area contributed by atoms with Gasteiger partial charge in [0.25, 0.3) is 0 Å². The maximum atomic E-state index is 13.8. The second-order valence-corrected chi connectivity index (χ2v) is 12.6. The Balaban J connectivity index is 1.20. The third-order valence-electron chi connectivity index (χ3n) is 9.52. The lowest BCUT2D eigenvalue weighted by atomic mass is 9.83. The number of nitrogens with one attached hydrogen (secondary N) is 2. The van der Waals surface area contributed by atoms with E-state index in [1.165, 1.54) is 13.2 Å². The quantitative estimate of drug-likeness (QED) is 0.344. The van der Waals surface area contributed by atoms with Crippen LogP contribution in [0.5, 0.6) is 11.6 Å². The largest absolute Gasteiger partial charge is 0.496 e. The fraction of sp³-hybridized carbons (Fsp3) is 0.600. The molecule has 1 aliphatic carbocycles. The summed E-state index contributed by atoms with van der Waals surface area (Å²) < 4.78 is 22.2. The summed E-state index contributed by atoms with van der Waals surface area (Å²) in [6.07, 6.45) is 11.4. The van der Waals surface area contributed by atoms with Crippen molar-refractivity contribution >= 4 is 34.9 Å². The van der Waals surface area contributed by atoms with Crippen LogP contribution in [0, 0.1) is 5.92 Å². The smallest absolute Gasteiger partial charge is 0.328 e. The van der Waals surface area contributed by atoms with Crippen molar-refractivity contribution in [3.05, 3.63) is 40.1 Å². The van der Waals surface area contributed by atoms with E-state index in [0.717, 1.165) is 56.9 Å². The number of carbonyl (C=O) groups excluding carboxylic acids is 3. The van der Waals surface area contributed by atoms with Gasteiger partial charge in [-0.25, -0.2) is 9.59 Å². The lowest BCUT2D eigenvalue weighted by molar-refractivity contribution is -0.152. The highest BCUT2D eigenvalue weighted by molar-refractivity contribution is 5.91. The molecule has 1 saturated carbocycles. The van der Waals surface area contributed by atoms with Gasteiger partial charge in [-0.1, -0.05) is 31.4 Å². The standard InChI is InChI=1S/C35H48N4O8/c1-4-46-31-21-29(40)26-19-24(30(44-2)20-27(26)36-31)13-10-18-47-25-14-8-16-38(22-25)35(43)37-32(23-11-6-5-7-12-23)33(41)39-17-9-15-28(39)34(42)45-3/h10,13,19-21,23,25,28,32H,4-9,11-12,14-18,22H2,1-3H3,(H,36,40)(H,37,43)/b13-10+/t25-,28-,32-/m0/s1. The van der Waals surface area contributed by atoms with Gasteiger partial charge in [0, 0.05) is 42.7 Å². The number of urea groups is 1. The van der Waals surface area contributed by atoms with Gasteiger partial charge in [0.1, 0.15) is 17.8 Å². The first-order valence-corrected chi connectivity index (χ1v) is 16.9. The van der Waals surface area contributed by atoms with Gasteiger partial charge in [-0.3, -0.25) is 9.59 Å². The second kappa shape index (κ2) is 16.2. The van der Waals surface area contributed by atoms with E-state index in [2.05, 4.69) is 10.3 Å². The molecule has 12 heteroatoms. The van der Waals surface area contributed by atoms with Crippen molar-refractivity contribution in [2.45, 2.75) is 82.9 Å². The number of fused-ring (bicyclic) bond motifs is 1. The monoisotopic (exact) mass is 652 g/mol. The van der Waals surface area contributed by atoms with Crippen LogP contribution >= 0.6 is 0 Å². The number of likely N-dealkylation sites (tertiary alicyclic amines) is 2. The number of hydrogen-bond acceptors (Lipinski definition) is 8. The van der Waals surface area contributed by atoms with Gasteiger partial charge in [0.2, 0.25) is 5.91 Å². The molecule has 2 saturated heterocycles. The molecule has 0 bridgehead atoms. The number of methoxy groups -OCH3 is 2. The van der Waals surface area contributed by atoms with Crippen LogP contribution < -0.4 is 20.2 Å². The molecule has 2 aliphatic heterocycles. The first-order valence-electron chi connectivity index (χ1n) is 16.9. The number of aromatic amines is 1. The third kappa shape index (κ3) is 8.27. The highest BCUT2D eigenvalue weighted by Crippen LogP contribution is 2.30. The van der Waals surface area contributed by atoms with Crippen LogP contribution in [0.25, 0.3) is 17.0 Å². The summed E-state index contributed by atoms with van der Waals surface area (Å²) in [5.74, 6) is 0.462. The van der Waals surface area contributed by atoms with Gasteiger partial charge in [0.15, 0.2) is 11.3 Å². The zero-order chi connectivity index (χ0) is 33.3. The molecule has 12 nitrogen and oxygen atoms in total. The van der Waals surface area contributed by atoms with Gasteiger partial charge in [-0.05, 0) is 57.4 Å². The van der Waals surface area contributed by atoms with E-state index in [0.29, 0.717) is 61.8 Å². The number of amides is 3. The number of benzene rings is 1. The van der Waals surface area contributed by atoms with E-state index in [1.54, 1.807) is 29.0 Å². The van der Waals surface area contributed by atoms with Gasteiger partial charge >= 0.3 is 12.0 Å². The van der Waals surface area contributed by atoms with Crippen LogP contribution in [0.1, 0.15) is 70.3 Å². The first-order chi connectivity index (χ1) is 22.8. The van der Waals surface area contributed by atoms with E-state index >= 15 is 0 Å². The Hall–Kier alpha value is -4.06. The summed E-state index contributed by atoms with van der Waals surface area (Å²) >= 11 is 0. The first kappa shape index (κ1) is 34.3. The zero-order valence-corrected chi connectivity index (χ0v) is 27.8. The molecule has 3 heterocycles. The van der Waals surface area contributed by atoms with Crippen molar-refractivity contribution < 1.29 is 33.3 Å². The fourth-order valence-corrected chi connectivity index (χ4v) is 7.10. The highest BCUT2D eigenvalue weighted by Gasteiger charge is 2.41. The number of ether oxygens (including phenoxy) is 4. The van der Waals surface area contributed by atoms with E-state index in [9.17, 15) is 19.2 Å². The average molecular weight is 653 g/mol. The molecular formula is C35H48N4O8. The van der Waals surface area contributed by atoms with Gasteiger partial charge < -0.3 is 39.0 Å². The number of nitrogens with zero attached hydrogens (tertiary/aromatic N) is 2. The summed E-state index contributed by atoms with van der Waals surface area (Å²) in [7, 11) is 2.92. The zero-order valence-electron chi connectivity index (χ0n) is 27.8. The van der Waals surface area contributed by atoms with Gasteiger partial charge in [-0.2, -0.15) is 0 Å². The molecule has 5 rings (SSSR count). The lowest BCUT2D eigenvalue weighted by Crippen LogP contribution is -2.58. The minimum atomic E-state index is -0.674. The van der Waals surface area contributed by atoms with Crippen molar-refractivity contribution in [3.8, 4) is 11.6 Å². The minimum absolute atomic E-state index is 0.0375. The van der Waals surface area contributed by atoms with Gasteiger partial charge in [0.05, 0.1) is 39.1 Å². The predicted octanol–water partition coefficient (Wildman–Crippen LogP) is 4.25. The number of pyridine rings is 1. The van der Waals surface area contributed by atoms with E-state index in [-0.39, 0.29) is 29.4 Å². The highest BCUT2D eigenvalue weighted by atomic mass is 16.5. The number of esters is 1. The number of aromatic nitrogens is 1. The van der Waals surface area contributed by atoms with Crippen molar-refractivity contribution in [1.29, 1.82) is 0 Å². The number of H-pyrrole nitrogens is 1. The Morgan fingerprint density at radius 3 is 2.55 bits per heavy atom. The van der Waals surface area contributed by atoms with Crippen LogP contribution in [0.3, 0.4) is 0 Å². The topological polar surface area (TPSA) is 140 Å². The molecule has 47 heavy (non-hydrogen) atoms. The van der Waals surface area contributed by atoms with E-state index in [1.807, 2.05) is 19.1 Å². The van der Waals surface area contributed by atoms with E-state index < -0.39 is 18.1 Å². The number of carbonyl (C=O) groups is 3. The molecule has 3 atom stereocenters. The number of piperidine rings is 1. The molecule has 0 spiro atoms. The molecule has 2 N–H and O–H groups in total. The molecule has 0 radical (unpaired) electrons. The third-order valence-corrected chi connectivity index (χ3v) is 9.52. The molecule has 0 unspecified atom stereocenters. The van der Waals surface area contributed by atoms with Crippen LogP contribution in [-0.2, 0) is 19.1 Å². The summed E-state index contributed by atoms with van der Waals surface area (Å²) in [5.41, 5.74) is 1.23. The average Bonchev–Trinajstić information content (AvgIpc) is 3.59. The van der Waals surface area contributed by atoms with Crippen molar-refractivity contribution in [2.24, 2.45) is 5.92 Å². The summed E-state index contributed by atoms with van der Waals surface area (Å²) in [6.45, 7) is 4.09. The van der Waals surface area contributed by atoms with Crippen LogP contribution in [-0.4, -0.2) is 97.9 Å².